The van der Waals surface area contributed by atoms with Gasteiger partial charge in [0.1, 0.15) is 0 Å². The van der Waals surface area contributed by atoms with Crippen LogP contribution < -0.4 is 5.32 Å². The largest absolute Gasteiger partial charge is 0.349 e. The van der Waals surface area contributed by atoms with Crippen LogP contribution in [-0.2, 0) is 0 Å². The second-order valence-corrected chi connectivity index (χ2v) is 5.23. The van der Waals surface area contributed by atoms with Crippen molar-refractivity contribution < 1.29 is 4.79 Å². The molecule has 2 nitrogen and oxygen atoms in total. The summed E-state index contributed by atoms with van der Waals surface area (Å²) in [5.74, 6) is 0.0465. The molecule has 0 radical (unpaired) electrons. The van der Waals surface area contributed by atoms with Crippen LogP contribution in [0.4, 0.5) is 0 Å². The Hall–Kier alpha value is -0.960. The van der Waals surface area contributed by atoms with Gasteiger partial charge in [-0.05, 0) is 37.1 Å². The molecule has 0 saturated heterocycles. The highest BCUT2D eigenvalue weighted by Gasteiger charge is 2.15. The maximum absolute atomic E-state index is 12.0. The summed E-state index contributed by atoms with van der Waals surface area (Å²) in [5, 5.41) is 3.13. The summed E-state index contributed by atoms with van der Waals surface area (Å²) >= 11 is 4.21. The van der Waals surface area contributed by atoms with Gasteiger partial charge >= 0.3 is 0 Å². The summed E-state index contributed by atoms with van der Waals surface area (Å²) in [6.45, 7) is 0. The second-order valence-electron chi connectivity index (χ2n) is 4.71. The van der Waals surface area contributed by atoms with Crippen molar-refractivity contribution in [1.29, 1.82) is 0 Å². The molecule has 0 heterocycles. The maximum Gasteiger partial charge on any atom is 0.251 e. The predicted octanol–water partition coefficient (Wildman–Crippen LogP) is 3.43. The van der Waals surface area contributed by atoms with E-state index in [0.29, 0.717) is 6.04 Å². The first-order valence-electron chi connectivity index (χ1n) is 6.35. The van der Waals surface area contributed by atoms with Gasteiger partial charge in [0.25, 0.3) is 5.91 Å². The lowest BCUT2D eigenvalue weighted by Crippen LogP contribution is -2.34. The average molecular weight is 249 g/mol. The number of carbonyl (C=O) groups is 1. The van der Waals surface area contributed by atoms with E-state index in [2.05, 4.69) is 17.9 Å². The summed E-state index contributed by atoms with van der Waals surface area (Å²) in [7, 11) is 0. The number of rotatable bonds is 2. The molecule has 3 heteroatoms. The minimum Gasteiger partial charge on any atom is -0.349 e. The van der Waals surface area contributed by atoms with Crippen LogP contribution in [0.25, 0.3) is 0 Å². The Morgan fingerprint density at radius 1 is 1.06 bits per heavy atom. The molecular formula is C14H19NOS. The fraction of sp³-hybridized carbons (Fsp3) is 0.500. The first-order chi connectivity index (χ1) is 8.25. The SMILES string of the molecule is O=C(NC1CCCCCC1)c1ccc(S)cc1. The van der Waals surface area contributed by atoms with E-state index >= 15 is 0 Å². The van der Waals surface area contributed by atoms with E-state index in [9.17, 15) is 4.79 Å². The topological polar surface area (TPSA) is 29.1 Å². The van der Waals surface area contributed by atoms with E-state index in [1.807, 2.05) is 24.3 Å². The van der Waals surface area contributed by atoms with Crippen molar-refractivity contribution in [1.82, 2.24) is 5.32 Å². The van der Waals surface area contributed by atoms with E-state index in [1.165, 1.54) is 25.7 Å². The van der Waals surface area contributed by atoms with Gasteiger partial charge in [0.05, 0.1) is 0 Å². The van der Waals surface area contributed by atoms with Crippen molar-refractivity contribution in [3.8, 4) is 0 Å². The van der Waals surface area contributed by atoms with E-state index in [-0.39, 0.29) is 5.91 Å². The molecule has 92 valence electrons. The van der Waals surface area contributed by atoms with Crippen molar-refractivity contribution in [3.63, 3.8) is 0 Å². The standard InChI is InChI=1S/C14H19NOS/c16-14(11-7-9-13(17)10-8-11)15-12-5-3-1-2-4-6-12/h7-10,12,17H,1-6H2,(H,15,16). The quantitative estimate of drug-likeness (QED) is 0.610. The lowest BCUT2D eigenvalue weighted by atomic mass is 10.1. The third kappa shape index (κ3) is 3.77. The highest BCUT2D eigenvalue weighted by atomic mass is 32.1. The Bertz CT molecular complexity index is 366. The number of amides is 1. The van der Waals surface area contributed by atoms with Gasteiger partial charge in [-0.15, -0.1) is 12.6 Å². The third-order valence-electron chi connectivity index (χ3n) is 3.32. The molecular weight excluding hydrogens is 230 g/mol. The molecule has 1 N–H and O–H groups in total. The van der Waals surface area contributed by atoms with Crippen molar-refractivity contribution in [2.24, 2.45) is 0 Å². The van der Waals surface area contributed by atoms with Crippen LogP contribution in [0, 0.1) is 0 Å². The highest BCUT2D eigenvalue weighted by molar-refractivity contribution is 7.80. The summed E-state index contributed by atoms with van der Waals surface area (Å²) in [4.78, 5) is 12.9. The molecule has 0 aromatic heterocycles. The van der Waals surface area contributed by atoms with Crippen LogP contribution in [0.2, 0.25) is 0 Å². The number of hydrogen-bond donors (Lipinski definition) is 2. The molecule has 0 aliphatic heterocycles. The second kappa shape index (κ2) is 6.10. The molecule has 1 amide bonds. The lowest BCUT2D eigenvalue weighted by Gasteiger charge is -2.16. The zero-order valence-electron chi connectivity index (χ0n) is 9.98. The van der Waals surface area contributed by atoms with E-state index < -0.39 is 0 Å². The molecule has 1 saturated carbocycles. The van der Waals surface area contributed by atoms with Gasteiger partial charge in [0, 0.05) is 16.5 Å². The van der Waals surface area contributed by atoms with Crippen molar-refractivity contribution in [2.75, 3.05) is 0 Å². The van der Waals surface area contributed by atoms with Gasteiger partial charge in [0.15, 0.2) is 0 Å². The third-order valence-corrected chi connectivity index (χ3v) is 3.62. The summed E-state index contributed by atoms with van der Waals surface area (Å²) in [5.41, 5.74) is 0.729. The number of benzene rings is 1. The first kappa shape index (κ1) is 12.5. The predicted molar refractivity (Wildman–Crippen MR) is 72.7 cm³/mol. The molecule has 1 aromatic carbocycles. The molecule has 17 heavy (non-hydrogen) atoms. The van der Waals surface area contributed by atoms with Gasteiger partial charge < -0.3 is 5.32 Å². The van der Waals surface area contributed by atoms with Crippen LogP contribution in [0.5, 0.6) is 0 Å². The smallest absolute Gasteiger partial charge is 0.251 e. The van der Waals surface area contributed by atoms with Crippen molar-refractivity contribution in [3.05, 3.63) is 29.8 Å². The molecule has 1 aromatic rings. The van der Waals surface area contributed by atoms with Gasteiger partial charge in [-0.1, -0.05) is 25.7 Å². The Morgan fingerprint density at radius 2 is 1.65 bits per heavy atom. The van der Waals surface area contributed by atoms with Crippen LogP contribution in [-0.4, -0.2) is 11.9 Å². The Labute approximate surface area is 108 Å². The van der Waals surface area contributed by atoms with Crippen LogP contribution in [0.15, 0.2) is 29.2 Å². The average Bonchev–Trinajstić information content (AvgIpc) is 2.58. The molecule has 1 fully saturated rings. The monoisotopic (exact) mass is 249 g/mol. The first-order valence-corrected chi connectivity index (χ1v) is 6.80. The summed E-state index contributed by atoms with van der Waals surface area (Å²) < 4.78 is 0. The minimum absolute atomic E-state index is 0.0465. The maximum atomic E-state index is 12.0. The van der Waals surface area contributed by atoms with Gasteiger partial charge in [0.2, 0.25) is 0 Å². The van der Waals surface area contributed by atoms with Gasteiger partial charge in [-0.25, -0.2) is 0 Å². The molecule has 0 bridgehead atoms. The molecule has 2 rings (SSSR count). The van der Waals surface area contributed by atoms with Gasteiger partial charge in [-0.2, -0.15) is 0 Å². The van der Waals surface area contributed by atoms with Crippen molar-refractivity contribution in [2.45, 2.75) is 49.5 Å². The lowest BCUT2D eigenvalue weighted by molar-refractivity contribution is 0.0933. The Kier molecular flexibility index (Phi) is 4.49. The summed E-state index contributed by atoms with van der Waals surface area (Å²) in [6, 6.07) is 7.72. The number of nitrogens with one attached hydrogen (secondary N) is 1. The minimum atomic E-state index is 0.0465. The highest BCUT2D eigenvalue weighted by Crippen LogP contribution is 2.17. The van der Waals surface area contributed by atoms with Crippen molar-refractivity contribution >= 4 is 18.5 Å². The van der Waals surface area contributed by atoms with Gasteiger partial charge in [-0.3, -0.25) is 4.79 Å². The van der Waals surface area contributed by atoms with E-state index in [1.54, 1.807) is 0 Å². The zero-order chi connectivity index (χ0) is 12.1. The summed E-state index contributed by atoms with van der Waals surface area (Å²) in [6.07, 6.45) is 7.33. The number of carbonyl (C=O) groups excluding carboxylic acids is 1. The molecule has 0 spiro atoms. The molecule has 1 aliphatic carbocycles. The van der Waals surface area contributed by atoms with Crippen LogP contribution >= 0.6 is 12.6 Å². The molecule has 1 aliphatic rings. The van der Waals surface area contributed by atoms with E-state index in [4.69, 9.17) is 0 Å². The normalized spacial score (nSPS) is 17.5. The number of hydrogen-bond acceptors (Lipinski definition) is 2. The fourth-order valence-corrected chi connectivity index (χ4v) is 2.45. The Morgan fingerprint density at radius 3 is 2.24 bits per heavy atom. The fourth-order valence-electron chi connectivity index (χ4n) is 2.31. The molecule has 0 atom stereocenters. The Balaban J connectivity index is 1.93. The van der Waals surface area contributed by atoms with Crippen LogP contribution in [0.3, 0.4) is 0 Å². The number of thiol groups is 1. The van der Waals surface area contributed by atoms with Crippen LogP contribution in [0.1, 0.15) is 48.9 Å². The van der Waals surface area contributed by atoms with E-state index in [0.717, 1.165) is 23.3 Å². The molecule has 0 unspecified atom stereocenters. The zero-order valence-corrected chi connectivity index (χ0v) is 10.9.